The van der Waals surface area contributed by atoms with E-state index in [1.54, 1.807) is 12.4 Å². The van der Waals surface area contributed by atoms with E-state index in [4.69, 9.17) is 24.3 Å². The van der Waals surface area contributed by atoms with Gasteiger partial charge in [-0.25, -0.2) is 0 Å². The van der Waals surface area contributed by atoms with E-state index >= 15 is 0 Å². The average molecular weight is 207 g/mol. The molecule has 0 unspecified atom stereocenters. The Morgan fingerprint density at radius 1 is 1.15 bits per heavy atom. The first-order valence-electron chi connectivity index (χ1n) is 2.99. The first kappa shape index (κ1) is 14.3. The van der Waals surface area contributed by atoms with Gasteiger partial charge in [0.2, 0.25) is 0 Å². The van der Waals surface area contributed by atoms with Crippen molar-refractivity contribution >= 4 is 14.7 Å². The number of aromatic nitrogens is 1. The van der Waals surface area contributed by atoms with E-state index in [2.05, 4.69) is 4.98 Å². The van der Waals surface area contributed by atoms with Crippen molar-refractivity contribution in [3.63, 3.8) is 0 Å². The van der Waals surface area contributed by atoms with Crippen LogP contribution in [-0.4, -0.2) is 26.3 Å². The molecule has 7 heteroatoms. The molecule has 0 atom stereocenters. The predicted molar refractivity (Wildman–Crippen MR) is 46.4 cm³/mol. The maximum Gasteiger partial charge on any atom is 0.314 e. The van der Waals surface area contributed by atoms with E-state index in [1.165, 1.54) is 0 Å². The molecule has 0 aliphatic rings. The Morgan fingerprint density at radius 2 is 1.46 bits per heavy atom. The maximum atomic E-state index is 8.74. The molecule has 1 heterocycles. The van der Waals surface area contributed by atoms with Crippen molar-refractivity contribution in [1.29, 1.82) is 0 Å². The van der Waals surface area contributed by atoms with Crippen molar-refractivity contribution in [3.05, 3.63) is 30.6 Å². The summed E-state index contributed by atoms with van der Waals surface area (Å²) in [6, 6.07) is 5.72. The van der Waals surface area contributed by atoms with E-state index in [-0.39, 0.29) is 6.47 Å². The van der Waals surface area contributed by atoms with Crippen LogP contribution < -0.4 is 0 Å². The van der Waals surface area contributed by atoms with Crippen LogP contribution in [0.2, 0.25) is 0 Å². The second-order valence-corrected chi connectivity index (χ2v) is 1.98. The van der Waals surface area contributed by atoms with Crippen molar-refractivity contribution in [2.45, 2.75) is 0 Å². The van der Waals surface area contributed by atoms with Crippen LogP contribution in [0.4, 0.5) is 0 Å². The normalized spacial score (nSPS) is 7.31. The topological polar surface area (TPSA) is 108 Å². The molecule has 0 radical (unpaired) electrons. The Kier molecular flexibility index (Phi) is 14.7. The third-order valence-electron chi connectivity index (χ3n) is 0.566. The van der Waals surface area contributed by atoms with E-state index in [0.717, 1.165) is 0 Å². The molecule has 0 aliphatic heterocycles. The molecule has 0 saturated carbocycles. The summed E-state index contributed by atoms with van der Waals surface area (Å²) in [5.74, 6) is 0. The maximum absolute atomic E-state index is 8.74. The van der Waals surface area contributed by atoms with Gasteiger partial charge in [0.05, 0.1) is 0 Å². The van der Waals surface area contributed by atoms with Crippen LogP contribution in [0.1, 0.15) is 0 Å². The lowest BCUT2D eigenvalue weighted by Crippen LogP contribution is -1.58. The summed E-state index contributed by atoms with van der Waals surface area (Å²) in [6.07, 6.45) is 3.50. The van der Waals surface area contributed by atoms with Crippen molar-refractivity contribution < 1.29 is 24.3 Å². The first-order valence-corrected chi connectivity index (χ1v) is 4.30. The minimum atomic E-state index is -3.13. The predicted octanol–water partition coefficient (Wildman–Crippen LogP) is 0.143. The number of nitrogens with zero attached hydrogens (tertiary/aromatic N) is 1. The highest BCUT2D eigenvalue weighted by molar-refractivity contribution is 7.30. The summed E-state index contributed by atoms with van der Waals surface area (Å²) in [4.78, 5) is 26.5. The Morgan fingerprint density at radius 3 is 1.54 bits per heavy atom. The van der Waals surface area contributed by atoms with Crippen LogP contribution in [0.25, 0.3) is 0 Å². The van der Waals surface area contributed by atoms with Crippen LogP contribution in [0.15, 0.2) is 30.6 Å². The van der Waals surface area contributed by atoms with Crippen molar-refractivity contribution in [2.24, 2.45) is 0 Å². The fraction of sp³-hybridized carbons (Fsp3) is 0. The number of pyridine rings is 1. The fourth-order valence-electron chi connectivity index (χ4n) is 0.313. The summed E-state index contributed by atoms with van der Waals surface area (Å²) >= 11 is 0. The average Bonchev–Trinajstić information content (AvgIpc) is 2.08. The van der Waals surface area contributed by atoms with Gasteiger partial charge in [0.1, 0.15) is 0 Å². The van der Waals surface area contributed by atoms with Gasteiger partial charge in [0.15, 0.2) is 0 Å². The minimum absolute atomic E-state index is 0.250. The monoisotopic (exact) mass is 207 g/mol. The molecule has 0 amide bonds. The molecular formula is C6H10NO5P. The van der Waals surface area contributed by atoms with Gasteiger partial charge in [-0.3, -0.25) is 14.3 Å². The number of hydrogen-bond donors (Lipinski definition) is 3. The highest BCUT2D eigenvalue weighted by Crippen LogP contribution is 1.98. The van der Waals surface area contributed by atoms with Gasteiger partial charge in [-0.15, -0.1) is 0 Å². The number of hydrogen-bond acceptors (Lipinski definition) is 3. The summed E-state index contributed by atoms with van der Waals surface area (Å²) in [5.41, 5.74) is 0. The molecule has 74 valence electrons. The highest BCUT2D eigenvalue weighted by atomic mass is 31.1. The van der Waals surface area contributed by atoms with Crippen LogP contribution in [0, 0.1) is 0 Å². The van der Waals surface area contributed by atoms with Crippen molar-refractivity contribution in [2.75, 3.05) is 0 Å². The first-order chi connectivity index (χ1) is 6.15. The minimum Gasteiger partial charge on any atom is -0.483 e. The third-order valence-corrected chi connectivity index (χ3v) is 0.566. The van der Waals surface area contributed by atoms with Gasteiger partial charge in [-0.05, 0) is 12.1 Å². The standard InChI is InChI=1S/C5H5N.CH2O2.H3O3P/c1-2-4-6-5-3-1;2-1-3;1-4(2)3/h1-5H;1H,(H,2,3);4H,(H2,1,2,3). The summed E-state index contributed by atoms with van der Waals surface area (Å²) in [6.45, 7) is -0.250. The van der Waals surface area contributed by atoms with Crippen molar-refractivity contribution in [1.82, 2.24) is 4.98 Å². The molecule has 6 nitrogen and oxygen atoms in total. The lowest BCUT2D eigenvalue weighted by Gasteiger charge is -1.70. The quantitative estimate of drug-likeness (QED) is 0.412. The van der Waals surface area contributed by atoms with Gasteiger partial charge >= 0.3 is 8.25 Å². The Hall–Kier alpha value is -1.23. The molecule has 3 N–H and O–H groups in total. The second kappa shape index (κ2) is 13.4. The molecule has 0 bridgehead atoms. The van der Waals surface area contributed by atoms with Crippen LogP contribution in [0.5, 0.6) is 0 Å². The number of carbonyl (C=O) groups is 1. The fourth-order valence-corrected chi connectivity index (χ4v) is 0.313. The third kappa shape index (κ3) is 36.4. The molecule has 13 heavy (non-hydrogen) atoms. The van der Waals surface area contributed by atoms with Crippen LogP contribution in [0.3, 0.4) is 0 Å². The van der Waals surface area contributed by atoms with E-state index in [0.29, 0.717) is 0 Å². The zero-order valence-electron chi connectivity index (χ0n) is 6.57. The summed E-state index contributed by atoms with van der Waals surface area (Å²) in [5, 5.41) is 6.89. The highest BCUT2D eigenvalue weighted by Gasteiger charge is 1.61. The second-order valence-electron chi connectivity index (χ2n) is 1.41. The Labute approximate surface area is 75.4 Å². The number of carboxylic acid groups (broad SMARTS) is 1. The van der Waals surface area contributed by atoms with E-state index in [9.17, 15) is 0 Å². The Balaban J connectivity index is 0. The zero-order chi connectivity index (χ0) is 10.5. The van der Waals surface area contributed by atoms with Gasteiger partial charge < -0.3 is 14.9 Å². The SMILES string of the molecule is O=CO.O=[PH](O)O.c1ccncc1. The van der Waals surface area contributed by atoms with E-state index < -0.39 is 8.25 Å². The largest absolute Gasteiger partial charge is 0.483 e. The molecule has 1 aromatic heterocycles. The van der Waals surface area contributed by atoms with Gasteiger partial charge in [0.25, 0.3) is 6.47 Å². The van der Waals surface area contributed by atoms with Crippen LogP contribution in [-0.2, 0) is 9.36 Å². The van der Waals surface area contributed by atoms with Gasteiger partial charge in [-0.2, -0.15) is 0 Å². The Bertz CT molecular complexity index is 187. The van der Waals surface area contributed by atoms with Crippen LogP contribution >= 0.6 is 8.25 Å². The molecule has 0 aromatic carbocycles. The molecule has 0 saturated heterocycles. The van der Waals surface area contributed by atoms with Gasteiger partial charge in [0, 0.05) is 12.4 Å². The smallest absolute Gasteiger partial charge is 0.314 e. The summed E-state index contributed by atoms with van der Waals surface area (Å²) in [7, 11) is -3.13. The molecule has 1 aromatic rings. The molecule has 0 fully saturated rings. The molecule has 1 rings (SSSR count). The van der Waals surface area contributed by atoms with Gasteiger partial charge in [-0.1, -0.05) is 6.07 Å². The summed E-state index contributed by atoms with van der Waals surface area (Å²) < 4.78 is 8.74. The van der Waals surface area contributed by atoms with Crippen molar-refractivity contribution in [3.8, 4) is 0 Å². The lowest BCUT2D eigenvalue weighted by atomic mass is 10.5. The zero-order valence-corrected chi connectivity index (χ0v) is 7.57. The molecular weight excluding hydrogens is 197 g/mol. The number of rotatable bonds is 0. The molecule has 0 spiro atoms. The van der Waals surface area contributed by atoms with E-state index in [1.807, 2.05) is 18.2 Å². The molecule has 0 aliphatic carbocycles. The lowest BCUT2D eigenvalue weighted by molar-refractivity contribution is -0.122.